The second-order valence-electron chi connectivity index (χ2n) is 5.58. The van der Waals surface area contributed by atoms with E-state index in [1.807, 2.05) is 0 Å². The zero-order valence-corrected chi connectivity index (χ0v) is 14.8. The van der Waals surface area contributed by atoms with Crippen LogP contribution in [0, 0.1) is 5.41 Å². The number of halogens is 1. The summed E-state index contributed by atoms with van der Waals surface area (Å²) in [5.74, 6) is -1.88. The van der Waals surface area contributed by atoms with E-state index in [0.717, 1.165) is 0 Å². The van der Waals surface area contributed by atoms with E-state index in [4.69, 9.17) is 15.3 Å². The number of ether oxygens (including phenoxy) is 1. The van der Waals surface area contributed by atoms with Crippen molar-refractivity contribution in [3.8, 4) is 0 Å². The number of carboxylic acid groups (broad SMARTS) is 1. The molecule has 136 valence electrons. The SMILES string of the molecule is CCOC(=N)c1ccc(C2(C)NC(=O)N(C(C)C(=O)O)C2=O)cc1.Cl. The number of imide groups is 1. The second-order valence-corrected chi connectivity index (χ2v) is 5.58. The fourth-order valence-corrected chi connectivity index (χ4v) is 2.50. The van der Waals surface area contributed by atoms with E-state index in [9.17, 15) is 14.4 Å². The molecule has 1 heterocycles. The fourth-order valence-electron chi connectivity index (χ4n) is 2.50. The van der Waals surface area contributed by atoms with Gasteiger partial charge < -0.3 is 15.2 Å². The van der Waals surface area contributed by atoms with Gasteiger partial charge in [-0.25, -0.2) is 14.5 Å². The standard InChI is InChI=1S/C16H19N3O5.ClH/c1-4-24-12(17)10-5-7-11(8-6-10)16(3)14(22)19(15(23)18-16)9(2)13(20)21;/h5-9,17H,4H2,1-3H3,(H,18,23)(H,20,21);1H. The molecule has 9 heteroatoms. The average molecular weight is 370 g/mol. The summed E-state index contributed by atoms with van der Waals surface area (Å²) in [7, 11) is 0. The summed E-state index contributed by atoms with van der Waals surface area (Å²) >= 11 is 0. The Bertz CT molecular complexity index is 706. The molecule has 8 nitrogen and oxygen atoms in total. The van der Waals surface area contributed by atoms with Gasteiger partial charge in [0.2, 0.25) is 5.90 Å². The first kappa shape index (κ1) is 20.4. The van der Waals surface area contributed by atoms with Crippen molar-refractivity contribution in [1.29, 1.82) is 5.41 Å². The number of benzene rings is 1. The highest BCUT2D eigenvalue weighted by Crippen LogP contribution is 2.30. The van der Waals surface area contributed by atoms with Crippen LogP contribution >= 0.6 is 12.4 Å². The Morgan fingerprint density at radius 3 is 2.40 bits per heavy atom. The minimum absolute atomic E-state index is 0. The third-order valence-electron chi connectivity index (χ3n) is 3.98. The summed E-state index contributed by atoms with van der Waals surface area (Å²) in [5.41, 5.74) is -0.321. The molecule has 0 saturated carbocycles. The lowest BCUT2D eigenvalue weighted by Gasteiger charge is -2.23. The molecule has 1 aromatic carbocycles. The lowest BCUT2D eigenvalue weighted by molar-refractivity contribution is -0.147. The van der Waals surface area contributed by atoms with Gasteiger partial charge in [-0.15, -0.1) is 12.4 Å². The van der Waals surface area contributed by atoms with Crippen LogP contribution in [0.4, 0.5) is 4.79 Å². The van der Waals surface area contributed by atoms with Crippen molar-refractivity contribution in [3.63, 3.8) is 0 Å². The number of rotatable bonds is 5. The monoisotopic (exact) mass is 369 g/mol. The maximum atomic E-state index is 12.6. The lowest BCUT2D eigenvalue weighted by Crippen LogP contribution is -2.45. The third-order valence-corrected chi connectivity index (χ3v) is 3.98. The molecule has 0 radical (unpaired) electrons. The summed E-state index contributed by atoms with van der Waals surface area (Å²) in [6.07, 6.45) is 0. The van der Waals surface area contributed by atoms with Gasteiger partial charge in [0.05, 0.1) is 6.61 Å². The Balaban J connectivity index is 0.00000312. The van der Waals surface area contributed by atoms with Crippen molar-refractivity contribution in [3.05, 3.63) is 35.4 Å². The minimum atomic E-state index is -1.35. The van der Waals surface area contributed by atoms with Crippen molar-refractivity contribution in [1.82, 2.24) is 10.2 Å². The van der Waals surface area contributed by atoms with Crippen LogP contribution in [0.15, 0.2) is 24.3 Å². The van der Waals surface area contributed by atoms with E-state index in [0.29, 0.717) is 22.6 Å². The summed E-state index contributed by atoms with van der Waals surface area (Å²) < 4.78 is 5.10. The first-order valence-corrected chi connectivity index (χ1v) is 7.43. The number of nitrogens with one attached hydrogen (secondary N) is 2. The van der Waals surface area contributed by atoms with Gasteiger partial charge >= 0.3 is 12.0 Å². The van der Waals surface area contributed by atoms with Gasteiger partial charge in [0.25, 0.3) is 5.91 Å². The molecule has 2 atom stereocenters. The number of hydrogen-bond acceptors (Lipinski definition) is 5. The Kier molecular flexibility index (Phi) is 6.15. The van der Waals surface area contributed by atoms with E-state index in [2.05, 4.69) is 5.32 Å². The molecule has 0 bridgehead atoms. The predicted molar refractivity (Wildman–Crippen MR) is 92.0 cm³/mol. The van der Waals surface area contributed by atoms with Gasteiger partial charge in [-0.3, -0.25) is 10.2 Å². The van der Waals surface area contributed by atoms with E-state index < -0.39 is 29.5 Å². The molecule has 0 aliphatic carbocycles. The molecule has 1 aromatic rings. The van der Waals surface area contributed by atoms with Crippen molar-refractivity contribution in [2.75, 3.05) is 6.61 Å². The average Bonchev–Trinajstić information content (AvgIpc) is 2.77. The zero-order chi connectivity index (χ0) is 18.1. The molecule has 0 aromatic heterocycles. The summed E-state index contributed by atoms with van der Waals surface area (Å²) in [5, 5.41) is 19.3. The molecule has 25 heavy (non-hydrogen) atoms. The minimum Gasteiger partial charge on any atom is -0.480 e. The van der Waals surface area contributed by atoms with Crippen molar-refractivity contribution >= 4 is 36.2 Å². The quantitative estimate of drug-likeness (QED) is 0.414. The number of aliphatic carboxylic acids is 1. The smallest absolute Gasteiger partial charge is 0.326 e. The number of hydrogen-bond donors (Lipinski definition) is 3. The first-order valence-electron chi connectivity index (χ1n) is 7.43. The van der Waals surface area contributed by atoms with Crippen LogP contribution in [0.25, 0.3) is 0 Å². The number of carboxylic acids is 1. The van der Waals surface area contributed by atoms with Crippen molar-refractivity contribution in [2.24, 2.45) is 0 Å². The molecular weight excluding hydrogens is 350 g/mol. The van der Waals surface area contributed by atoms with Gasteiger partial charge in [0.1, 0.15) is 11.6 Å². The molecule has 0 spiro atoms. The van der Waals surface area contributed by atoms with Crippen LogP contribution in [-0.2, 0) is 19.9 Å². The molecule has 3 amide bonds. The summed E-state index contributed by atoms with van der Waals surface area (Å²) in [6.45, 7) is 4.94. The molecule has 1 fully saturated rings. The molecule has 2 rings (SSSR count). The Morgan fingerprint density at radius 2 is 1.92 bits per heavy atom. The van der Waals surface area contributed by atoms with E-state index in [1.165, 1.54) is 13.8 Å². The second kappa shape index (κ2) is 7.52. The van der Waals surface area contributed by atoms with Gasteiger partial charge in [-0.05, 0) is 38.5 Å². The first-order chi connectivity index (χ1) is 11.2. The van der Waals surface area contributed by atoms with Gasteiger partial charge in [-0.1, -0.05) is 12.1 Å². The van der Waals surface area contributed by atoms with Gasteiger partial charge in [0.15, 0.2) is 0 Å². The Hall–Kier alpha value is -2.61. The maximum Gasteiger partial charge on any atom is 0.326 e. The van der Waals surface area contributed by atoms with E-state index in [-0.39, 0.29) is 18.3 Å². The summed E-state index contributed by atoms with van der Waals surface area (Å²) in [6, 6.07) is 4.43. The molecule has 2 unspecified atom stereocenters. The Labute approximate surface area is 151 Å². The van der Waals surface area contributed by atoms with E-state index in [1.54, 1.807) is 31.2 Å². The fraction of sp³-hybridized carbons (Fsp3) is 0.375. The topological polar surface area (TPSA) is 120 Å². The van der Waals surface area contributed by atoms with Crippen molar-refractivity contribution < 1.29 is 24.2 Å². The molecule has 1 aliphatic heterocycles. The van der Waals surface area contributed by atoms with Crippen LogP contribution < -0.4 is 5.32 Å². The molecule has 1 saturated heterocycles. The summed E-state index contributed by atoms with van der Waals surface area (Å²) in [4.78, 5) is 36.5. The predicted octanol–water partition coefficient (Wildman–Crippen LogP) is 1.71. The number of amides is 3. The van der Waals surface area contributed by atoms with Crippen molar-refractivity contribution in [2.45, 2.75) is 32.4 Å². The number of carbonyl (C=O) groups is 3. The van der Waals surface area contributed by atoms with Crippen LogP contribution in [0.3, 0.4) is 0 Å². The number of urea groups is 1. The largest absolute Gasteiger partial charge is 0.480 e. The van der Waals surface area contributed by atoms with Crippen LogP contribution in [0.2, 0.25) is 0 Å². The molecule has 3 N–H and O–H groups in total. The van der Waals surface area contributed by atoms with Gasteiger partial charge in [-0.2, -0.15) is 0 Å². The van der Waals surface area contributed by atoms with Gasteiger partial charge in [0, 0.05) is 5.56 Å². The highest BCUT2D eigenvalue weighted by Gasteiger charge is 2.51. The normalized spacial score (nSPS) is 20.5. The maximum absolute atomic E-state index is 12.6. The van der Waals surface area contributed by atoms with Crippen LogP contribution in [0.1, 0.15) is 31.9 Å². The zero-order valence-electron chi connectivity index (χ0n) is 14.0. The number of carbonyl (C=O) groups excluding carboxylic acids is 2. The molecular formula is C16H20ClN3O5. The highest BCUT2D eigenvalue weighted by molar-refractivity contribution is 6.09. The molecule has 1 aliphatic rings. The Morgan fingerprint density at radius 1 is 1.36 bits per heavy atom. The van der Waals surface area contributed by atoms with Crippen LogP contribution in [0.5, 0.6) is 0 Å². The third kappa shape index (κ3) is 3.58. The van der Waals surface area contributed by atoms with Crippen LogP contribution in [-0.4, -0.2) is 46.5 Å². The van der Waals surface area contributed by atoms with E-state index >= 15 is 0 Å². The number of nitrogens with zero attached hydrogens (tertiary/aromatic N) is 1. The lowest BCUT2D eigenvalue weighted by atomic mass is 9.91. The highest BCUT2D eigenvalue weighted by atomic mass is 35.5.